The van der Waals surface area contributed by atoms with Crippen molar-refractivity contribution in [2.75, 3.05) is 17.8 Å². The molecular formula is C24H22ClN3O2S2. The highest BCUT2D eigenvalue weighted by Gasteiger charge is 2.20. The Kier molecular flexibility index (Phi) is 7.63. The number of carbonyl (C=O) groups is 1. The van der Waals surface area contributed by atoms with Gasteiger partial charge in [0.2, 0.25) is 5.91 Å². The molecule has 32 heavy (non-hydrogen) atoms. The van der Waals surface area contributed by atoms with Crippen molar-refractivity contribution in [3.8, 4) is 5.75 Å². The van der Waals surface area contributed by atoms with Crippen molar-refractivity contribution in [1.29, 1.82) is 0 Å². The first-order valence-electron chi connectivity index (χ1n) is 10.2. The van der Waals surface area contributed by atoms with E-state index in [1.165, 1.54) is 11.3 Å². The summed E-state index contributed by atoms with van der Waals surface area (Å²) in [6.07, 6.45) is 4.71. The maximum absolute atomic E-state index is 13.2. The minimum atomic E-state index is 0.0411. The Bertz CT molecular complexity index is 1180. The zero-order valence-electron chi connectivity index (χ0n) is 17.5. The summed E-state index contributed by atoms with van der Waals surface area (Å²) in [5.74, 6) is 1.73. The van der Waals surface area contributed by atoms with Crippen LogP contribution in [0.1, 0.15) is 18.4 Å². The van der Waals surface area contributed by atoms with Gasteiger partial charge in [0.1, 0.15) is 11.3 Å². The number of hydrogen-bond acceptors (Lipinski definition) is 6. The van der Waals surface area contributed by atoms with Gasteiger partial charge >= 0.3 is 0 Å². The monoisotopic (exact) mass is 483 g/mol. The van der Waals surface area contributed by atoms with E-state index >= 15 is 0 Å². The number of benzene rings is 2. The number of nitrogens with zero attached hydrogens (tertiary/aromatic N) is 3. The molecule has 164 valence electrons. The molecule has 5 nitrogen and oxygen atoms in total. The molecule has 4 aromatic rings. The number of para-hydroxylation sites is 1. The Morgan fingerprint density at radius 1 is 1.16 bits per heavy atom. The Balaban J connectivity index is 1.44. The molecule has 0 fully saturated rings. The third-order valence-electron chi connectivity index (χ3n) is 4.82. The van der Waals surface area contributed by atoms with Crippen molar-refractivity contribution >= 4 is 56.0 Å². The lowest BCUT2D eigenvalue weighted by Gasteiger charge is -2.20. The number of ether oxygens (including phenoxy) is 1. The van der Waals surface area contributed by atoms with E-state index in [2.05, 4.69) is 9.97 Å². The maximum Gasteiger partial charge on any atom is 0.229 e. The smallest absolute Gasteiger partial charge is 0.229 e. The predicted octanol–water partition coefficient (Wildman–Crippen LogP) is 6.46. The molecule has 0 N–H and O–H groups in total. The summed E-state index contributed by atoms with van der Waals surface area (Å²) in [5, 5.41) is 1.25. The van der Waals surface area contributed by atoms with Crippen LogP contribution >= 0.6 is 34.7 Å². The standard InChI is InChI=1S/C24H22ClN3O2S2/c1-30-18-9-11-19(12-10-18)31-14-4-8-22(29)28(16-17-5-3-13-26-15-17)24-27-23-20(25)6-2-7-21(23)32-24/h2-3,5-7,9-13,15H,4,8,14,16H2,1H3. The molecule has 2 heterocycles. The number of thiazole rings is 1. The Hall–Kier alpha value is -2.61. The fourth-order valence-electron chi connectivity index (χ4n) is 3.18. The number of aromatic nitrogens is 2. The summed E-state index contributed by atoms with van der Waals surface area (Å²) in [6, 6.07) is 17.5. The zero-order chi connectivity index (χ0) is 22.3. The molecule has 0 aliphatic carbocycles. The number of hydrogen-bond donors (Lipinski definition) is 0. The van der Waals surface area contributed by atoms with E-state index in [4.69, 9.17) is 16.3 Å². The minimum absolute atomic E-state index is 0.0411. The molecule has 2 aromatic heterocycles. The predicted molar refractivity (Wildman–Crippen MR) is 133 cm³/mol. The summed E-state index contributed by atoms with van der Waals surface area (Å²) in [5.41, 5.74) is 1.69. The van der Waals surface area contributed by atoms with E-state index < -0.39 is 0 Å². The number of anilines is 1. The van der Waals surface area contributed by atoms with Crippen molar-refractivity contribution in [3.63, 3.8) is 0 Å². The number of thioether (sulfide) groups is 1. The van der Waals surface area contributed by atoms with Gasteiger partial charge in [0.25, 0.3) is 0 Å². The van der Waals surface area contributed by atoms with Crippen molar-refractivity contribution in [1.82, 2.24) is 9.97 Å². The Morgan fingerprint density at radius 2 is 2.00 bits per heavy atom. The van der Waals surface area contributed by atoms with E-state index in [0.29, 0.717) is 23.1 Å². The van der Waals surface area contributed by atoms with Crippen molar-refractivity contribution in [2.24, 2.45) is 0 Å². The van der Waals surface area contributed by atoms with Crippen LogP contribution in [0, 0.1) is 0 Å². The molecule has 0 radical (unpaired) electrons. The summed E-state index contributed by atoms with van der Waals surface area (Å²) >= 11 is 9.53. The third-order valence-corrected chi connectivity index (χ3v) is 7.26. The second-order valence-electron chi connectivity index (χ2n) is 7.05. The highest BCUT2D eigenvalue weighted by atomic mass is 35.5. The van der Waals surface area contributed by atoms with Crippen LogP contribution in [0.2, 0.25) is 5.02 Å². The minimum Gasteiger partial charge on any atom is -0.497 e. The van der Waals surface area contributed by atoms with Crippen LogP contribution in [0.4, 0.5) is 5.13 Å². The van der Waals surface area contributed by atoms with Gasteiger partial charge in [-0.1, -0.05) is 35.1 Å². The van der Waals surface area contributed by atoms with Gasteiger partial charge in [0, 0.05) is 23.7 Å². The van der Waals surface area contributed by atoms with Gasteiger partial charge in [-0.25, -0.2) is 4.98 Å². The van der Waals surface area contributed by atoms with Crippen LogP contribution in [-0.4, -0.2) is 28.7 Å². The number of rotatable bonds is 9. The fourth-order valence-corrected chi connectivity index (χ4v) is 5.31. The zero-order valence-corrected chi connectivity index (χ0v) is 19.9. The maximum atomic E-state index is 13.2. The molecule has 0 saturated carbocycles. The summed E-state index contributed by atoms with van der Waals surface area (Å²) in [4.78, 5) is 25.0. The van der Waals surface area contributed by atoms with Crippen LogP contribution in [0.3, 0.4) is 0 Å². The number of methoxy groups -OCH3 is 1. The molecular weight excluding hydrogens is 462 g/mol. The number of pyridine rings is 1. The van der Waals surface area contributed by atoms with Gasteiger partial charge in [0.15, 0.2) is 5.13 Å². The summed E-state index contributed by atoms with van der Waals surface area (Å²) in [7, 11) is 1.66. The van der Waals surface area contributed by atoms with Gasteiger partial charge in [-0.15, -0.1) is 11.8 Å². The number of amides is 1. The highest BCUT2D eigenvalue weighted by molar-refractivity contribution is 7.99. The molecule has 0 spiro atoms. The number of halogens is 1. The molecule has 2 aromatic carbocycles. The van der Waals surface area contributed by atoms with Gasteiger partial charge in [-0.3, -0.25) is 14.7 Å². The van der Waals surface area contributed by atoms with E-state index in [9.17, 15) is 4.79 Å². The molecule has 0 saturated heterocycles. The van der Waals surface area contributed by atoms with E-state index in [1.807, 2.05) is 54.6 Å². The van der Waals surface area contributed by atoms with Crippen molar-refractivity contribution in [3.05, 3.63) is 77.6 Å². The van der Waals surface area contributed by atoms with Crippen LogP contribution < -0.4 is 9.64 Å². The second kappa shape index (κ2) is 10.8. The summed E-state index contributed by atoms with van der Waals surface area (Å²) < 4.78 is 6.16. The molecule has 8 heteroatoms. The number of carbonyl (C=O) groups excluding carboxylic acids is 1. The Morgan fingerprint density at radius 3 is 2.72 bits per heavy atom. The molecule has 0 unspecified atom stereocenters. The highest BCUT2D eigenvalue weighted by Crippen LogP contribution is 2.34. The topological polar surface area (TPSA) is 55.3 Å². The van der Waals surface area contributed by atoms with E-state index in [1.54, 1.807) is 36.2 Å². The average Bonchev–Trinajstić information content (AvgIpc) is 3.26. The largest absolute Gasteiger partial charge is 0.497 e. The van der Waals surface area contributed by atoms with Gasteiger partial charge in [-0.05, 0) is 60.2 Å². The normalized spacial score (nSPS) is 10.9. The molecule has 0 aliphatic rings. The number of fused-ring (bicyclic) bond motifs is 1. The molecule has 0 bridgehead atoms. The first-order valence-corrected chi connectivity index (χ1v) is 12.3. The van der Waals surface area contributed by atoms with Crippen LogP contribution in [0.25, 0.3) is 10.2 Å². The van der Waals surface area contributed by atoms with Gasteiger partial charge in [-0.2, -0.15) is 0 Å². The van der Waals surface area contributed by atoms with Crippen LogP contribution in [0.15, 0.2) is 71.9 Å². The molecule has 1 amide bonds. The van der Waals surface area contributed by atoms with Crippen LogP contribution in [-0.2, 0) is 11.3 Å². The van der Waals surface area contributed by atoms with Crippen molar-refractivity contribution < 1.29 is 9.53 Å². The third kappa shape index (κ3) is 5.59. The SMILES string of the molecule is COc1ccc(SCCCC(=O)N(Cc2cccnc2)c2nc3c(Cl)cccc3s2)cc1. The van der Waals surface area contributed by atoms with Gasteiger partial charge < -0.3 is 4.74 Å². The fraction of sp³-hybridized carbons (Fsp3) is 0.208. The van der Waals surface area contributed by atoms with Crippen molar-refractivity contribution in [2.45, 2.75) is 24.3 Å². The van der Waals surface area contributed by atoms with E-state index in [-0.39, 0.29) is 5.91 Å². The van der Waals surface area contributed by atoms with E-state index in [0.717, 1.165) is 38.6 Å². The Labute approximate surface area is 200 Å². The van der Waals surface area contributed by atoms with Crippen LogP contribution in [0.5, 0.6) is 5.75 Å². The lowest BCUT2D eigenvalue weighted by atomic mass is 10.2. The second-order valence-corrected chi connectivity index (χ2v) is 9.64. The van der Waals surface area contributed by atoms with Gasteiger partial charge in [0.05, 0.1) is 23.4 Å². The molecule has 0 aliphatic heterocycles. The molecule has 0 atom stereocenters. The summed E-state index contributed by atoms with van der Waals surface area (Å²) in [6.45, 7) is 0.426. The lowest BCUT2D eigenvalue weighted by Crippen LogP contribution is -2.30. The quantitative estimate of drug-likeness (QED) is 0.202. The first-order chi connectivity index (χ1) is 15.6. The first kappa shape index (κ1) is 22.6. The molecule has 4 rings (SSSR count). The lowest BCUT2D eigenvalue weighted by molar-refractivity contribution is -0.118. The average molecular weight is 484 g/mol.